The second-order valence-corrected chi connectivity index (χ2v) is 6.55. The Morgan fingerprint density at radius 3 is 3.00 bits per heavy atom. The van der Waals surface area contributed by atoms with Gasteiger partial charge in [-0.2, -0.15) is 0 Å². The third kappa shape index (κ3) is 3.76. The third-order valence-electron chi connectivity index (χ3n) is 4.65. The number of piperidine rings is 1. The van der Waals surface area contributed by atoms with Crippen LogP contribution in [-0.4, -0.2) is 41.7 Å². The van der Waals surface area contributed by atoms with Gasteiger partial charge in [0.2, 0.25) is 0 Å². The minimum absolute atomic E-state index is 0.239. The van der Waals surface area contributed by atoms with Crippen LogP contribution in [0.15, 0.2) is 28.7 Å². The molecule has 2 unspecified atom stereocenters. The standard InChI is InChI=1S/C19H24N2O5/c1-3-25-15-8-4-6-13-10-16(26-17(13)15)12(2)20-19(24)21-9-5-7-14(11-21)18(22)23/h4,6,8,10,12,14H,3,5,7,9,11H2,1-2H3,(H,20,24)(H,22,23). The van der Waals surface area contributed by atoms with E-state index in [9.17, 15) is 9.59 Å². The van der Waals surface area contributed by atoms with Crippen molar-refractivity contribution >= 4 is 23.0 Å². The topological polar surface area (TPSA) is 92.0 Å². The van der Waals surface area contributed by atoms with Crippen LogP contribution in [0.25, 0.3) is 11.0 Å². The molecule has 140 valence electrons. The highest BCUT2D eigenvalue weighted by Crippen LogP contribution is 2.31. The van der Waals surface area contributed by atoms with E-state index in [-0.39, 0.29) is 18.6 Å². The molecule has 2 aromatic rings. The molecular weight excluding hydrogens is 336 g/mol. The Kier molecular flexibility index (Phi) is 5.35. The van der Waals surface area contributed by atoms with Crippen molar-refractivity contribution < 1.29 is 23.8 Å². The minimum atomic E-state index is -0.851. The molecule has 1 aromatic carbocycles. The predicted molar refractivity (Wildman–Crippen MR) is 96.3 cm³/mol. The van der Waals surface area contributed by atoms with Crippen molar-refractivity contribution in [1.29, 1.82) is 0 Å². The zero-order valence-electron chi connectivity index (χ0n) is 15.0. The molecule has 7 heteroatoms. The first-order chi connectivity index (χ1) is 12.5. The smallest absolute Gasteiger partial charge is 0.318 e. The van der Waals surface area contributed by atoms with Crippen LogP contribution >= 0.6 is 0 Å². The first-order valence-corrected chi connectivity index (χ1v) is 8.93. The number of carboxylic acid groups (broad SMARTS) is 1. The average molecular weight is 360 g/mol. The number of carbonyl (C=O) groups excluding carboxylic acids is 1. The second kappa shape index (κ2) is 7.68. The molecule has 7 nitrogen and oxygen atoms in total. The molecule has 1 aliphatic heterocycles. The van der Waals surface area contributed by atoms with E-state index in [1.54, 1.807) is 4.90 Å². The van der Waals surface area contributed by atoms with Crippen LogP contribution in [0, 0.1) is 5.92 Å². The van der Waals surface area contributed by atoms with Crippen molar-refractivity contribution in [3.8, 4) is 5.75 Å². The van der Waals surface area contributed by atoms with Gasteiger partial charge in [-0.1, -0.05) is 12.1 Å². The summed E-state index contributed by atoms with van der Waals surface area (Å²) in [7, 11) is 0. The lowest BCUT2D eigenvalue weighted by molar-refractivity contribution is -0.143. The van der Waals surface area contributed by atoms with Crippen molar-refractivity contribution in [3.63, 3.8) is 0 Å². The van der Waals surface area contributed by atoms with Gasteiger partial charge in [-0.05, 0) is 38.8 Å². The summed E-state index contributed by atoms with van der Waals surface area (Å²) in [6.45, 7) is 5.10. The van der Waals surface area contributed by atoms with Crippen LogP contribution in [0.5, 0.6) is 5.75 Å². The van der Waals surface area contributed by atoms with Crippen LogP contribution < -0.4 is 10.1 Å². The van der Waals surface area contributed by atoms with E-state index in [0.29, 0.717) is 43.1 Å². The molecular formula is C19H24N2O5. The Bertz CT molecular complexity index is 800. The molecule has 0 aliphatic carbocycles. The van der Waals surface area contributed by atoms with E-state index >= 15 is 0 Å². The summed E-state index contributed by atoms with van der Waals surface area (Å²) in [6, 6.07) is 6.96. The Labute approximate surface area is 151 Å². The number of rotatable bonds is 5. The zero-order chi connectivity index (χ0) is 18.7. The molecule has 0 saturated carbocycles. The van der Waals surface area contributed by atoms with Crippen molar-refractivity contribution in [2.45, 2.75) is 32.7 Å². The minimum Gasteiger partial charge on any atom is -0.490 e. The highest BCUT2D eigenvalue weighted by Gasteiger charge is 2.29. The highest BCUT2D eigenvalue weighted by molar-refractivity contribution is 5.84. The number of aliphatic carboxylic acids is 1. The molecule has 1 aromatic heterocycles. The lowest BCUT2D eigenvalue weighted by atomic mass is 9.99. The molecule has 2 atom stereocenters. The number of hydrogen-bond donors (Lipinski definition) is 2. The number of carboxylic acids is 1. The van der Waals surface area contributed by atoms with E-state index in [1.165, 1.54) is 0 Å². The molecule has 1 saturated heterocycles. The number of benzene rings is 1. The van der Waals surface area contributed by atoms with E-state index in [1.807, 2.05) is 38.1 Å². The molecule has 1 aliphatic rings. The lowest BCUT2D eigenvalue weighted by Gasteiger charge is -2.31. The van der Waals surface area contributed by atoms with Crippen molar-refractivity contribution in [1.82, 2.24) is 10.2 Å². The maximum atomic E-state index is 12.5. The number of likely N-dealkylation sites (tertiary alicyclic amines) is 1. The number of nitrogens with zero attached hydrogens (tertiary/aromatic N) is 1. The molecule has 1 fully saturated rings. The fourth-order valence-corrected chi connectivity index (χ4v) is 3.25. The van der Waals surface area contributed by atoms with Crippen LogP contribution in [0.1, 0.15) is 38.5 Å². The summed E-state index contributed by atoms with van der Waals surface area (Å²) in [5.41, 5.74) is 0.661. The van der Waals surface area contributed by atoms with Gasteiger partial charge in [0, 0.05) is 18.5 Å². The van der Waals surface area contributed by atoms with Crippen LogP contribution in [0.4, 0.5) is 4.79 Å². The van der Waals surface area contributed by atoms with E-state index in [2.05, 4.69) is 5.32 Å². The second-order valence-electron chi connectivity index (χ2n) is 6.55. The third-order valence-corrected chi connectivity index (χ3v) is 4.65. The number of furan rings is 1. The predicted octanol–water partition coefficient (Wildman–Crippen LogP) is 3.40. The molecule has 0 spiro atoms. The Balaban J connectivity index is 1.70. The molecule has 0 bridgehead atoms. The highest BCUT2D eigenvalue weighted by atomic mass is 16.5. The van der Waals surface area contributed by atoms with Gasteiger partial charge in [-0.15, -0.1) is 0 Å². The van der Waals surface area contributed by atoms with Crippen molar-refractivity contribution in [2.24, 2.45) is 5.92 Å². The van der Waals surface area contributed by atoms with E-state index < -0.39 is 11.9 Å². The lowest BCUT2D eigenvalue weighted by Crippen LogP contribution is -2.47. The van der Waals surface area contributed by atoms with Gasteiger partial charge in [0.25, 0.3) is 0 Å². The van der Waals surface area contributed by atoms with Crippen LogP contribution in [0.2, 0.25) is 0 Å². The number of urea groups is 1. The Hall–Kier alpha value is -2.70. The van der Waals surface area contributed by atoms with Gasteiger partial charge in [-0.3, -0.25) is 4.79 Å². The SMILES string of the molecule is CCOc1cccc2cc(C(C)NC(=O)N3CCCC(C(=O)O)C3)oc12. The Morgan fingerprint density at radius 1 is 1.46 bits per heavy atom. The van der Waals surface area contributed by atoms with Crippen molar-refractivity contribution in [2.75, 3.05) is 19.7 Å². The largest absolute Gasteiger partial charge is 0.490 e. The first-order valence-electron chi connectivity index (χ1n) is 8.93. The van der Waals surface area contributed by atoms with Gasteiger partial charge in [0.15, 0.2) is 11.3 Å². The van der Waals surface area contributed by atoms with Gasteiger partial charge < -0.3 is 24.5 Å². The fraction of sp³-hybridized carbons (Fsp3) is 0.474. The number of para-hydroxylation sites is 1. The summed E-state index contributed by atoms with van der Waals surface area (Å²) >= 11 is 0. The van der Waals surface area contributed by atoms with Gasteiger partial charge in [0.05, 0.1) is 18.6 Å². The van der Waals surface area contributed by atoms with Crippen LogP contribution in [-0.2, 0) is 4.79 Å². The average Bonchev–Trinajstić information content (AvgIpc) is 3.07. The van der Waals surface area contributed by atoms with Gasteiger partial charge in [-0.25, -0.2) is 4.79 Å². The summed E-state index contributed by atoms with van der Waals surface area (Å²) in [5, 5.41) is 13.0. The van der Waals surface area contributed by atoms with E-state index in [0.717, 1.165) is 5.39 Å². The molecule has 2 amide bonds. The van der Waals surface area contributed by atoms with E-state index in [4.69, 9.17) is 14.3 Å². The maximum Gasteiger partial charge on any atom is 0.318 e. The Morgan fingerprint density at radius 2 is 2.27 bits per heavy atom. The summed E-state index contributed by atoms with van der Waals surface area (Å²) in [4.78, 5) is 25.2. The molecule has 2 heterocycles. The molecule has 0 radical (unpaired) electrons. The van der Waals surface area contributed by atoms with Gasteiger partial charge >= 0.3 is 12.0 Å². The maximum absolute atomic E-state index is 12.5. The number of nitrogens with one attached hydrogen (secondary N) is 1. The summed E-state index contributed by atoms with van der Waals surface area (Å²) in [6.07, 6.45) is 1.31. The molecule has 3 rings (SSSR count). The molecule has 2 N–H and O–H groups in total. The quantitative estimate of drug-likeness (QED) is 0.853. The fourth-order valence-electron chi connectivity index (χ4n) is 3.25. The number of carbonyl (C=O) groups is 2. The number of fused-ring (bicyclic) bond motifs is 1. The number of hydrogen-bond acceptors (Lipinski definition) is 4. The zero-order valence-corrected chi connectivity index (χ0v) is 15.0. The van der Waals surface area contributed by atoms with Crippen molar-refractivity contribution in [3.05, 3.63) is 30.0 Å². The monoisotopic (exact) mass is 360 g/mol. The molecule has 26 heavy (non-hydrogen) atoms. The number of ether oxygens (including phenoxy) is 1. The first kappa shape index (κ1) is 18.1. The normalized spacial score (nSPS) is 18.5. The summed E-state index contributed by atoms with van der Waals surface area (Å²) in [5.74, 6) is -0.0385. The van der Waals surface area contributed by atoms with Crippen LogP contribution in [0.3, 0.4) is 0 Å². The summed E-state index contributed by atoms with van der Waals surface area (Å²) < 4.78 is 11.5. The number of amides is 2. The van der Waals surface area contributed by atoms with Gasteiger partial charge in [0.1, 0.15) is 5.76 Å².